The molecule has 1 N–H and O–H groups in total. The van der Waals surface area contributed by atoms with Crippen LogP contribution in [0.2, 0.25) is 0 Å². The highest BCUT2D eigenvalue weighted by atomic mass is 19.1. The van der Waals surface area contributed by atoms with E-state index in [4.69, 9.17) is 0 Å². The van der Waals surface area contributed by atoms with Crippen LogP contribution in [0.1, 0.15) is 39.2 Å². The summed E-state index contributed by atoms with van der Waals surface area (Å²) in [5, 5.41) is 2.82. The van der Waals surface area contributed by atoms with Gasteiger partial charge in [-0.3, -0.25) is 9.59 Å². The summed E-state index contributed by atoms with van der Waals surface area (Å²) in [6.07, 6.45) is 1.91. The summed E-state index contributed by atoms with van der Waals surface area (Å²) >= 11 is 0. The van der Waals surface area contributed by atoms with Crippen LogP contribution in [-0.2, 0) is 16.1 Å². The van der Waals surface area contributed by atoms with Crippen molar-refractivity contribution in [3.05, 3.63) is 35.6 Å². The second-order valence-corrected chi connectivity index (χ2v) is 5.09. The SMILES string of the molecule is CCCCNC(=O)C(C)N(Cc1ccc(F)cc1)C(C)=O. The van der Waals surface area contributed by atoms with E-state index in [-0.39, 0.29) is 24.2 Å². The number of unbranched alkanes of at least 4 members (excludes halogenated alkanes) is 1. The van der Waals surface area contributed by atoms with Crippen molar-refractivity contribution in [2.75, 3.05) is 6.54 Å². The van der Waals surface area contributed by atoms with Crippen LogP contribution >= 0.6 is 0 Å². The summed E-state index contributed by atoms with van der Waals surface area (Å²) in [5.41, 5.74) is 0.791. The Morgan fingerprint density at radius 1 is 1.29 bits per heavy atom. The lowest BCUT2D eigenvalue weighted by Crippen LogP contribution is -2.47. The van der Waals surface area contributed by atoms with Gasteiger partial charge in [0.25, 0.3) is 0 Å². The van der Waals surface area contributed by atoms with Crippen LogP contribution in [0.4, 0.5) is 4.39 Å². The summed E-state index contributed by atoms with van der Waals surface area (Å²) in [6, 6.07) is 5.38. The lowest BCUT2D eigenvalue weighted by molar-refractivity contribution is -0.138. The number of nitrogens with zero attached hydrogens (tertiary/aromatic N) is 1. The molecule has 0 radical (unpaired) electrons. The molecule has 1 unspecified atom stereocenters. The van der Waals surface area contributed by atoms with E-state index in [0.29, 0.717) is 6.54 Å². The number of halogens is 1. The van der Waals surface area contributed by atoms with Gasteiger partial charge in [0.1, 0.15) is 11.9 Å². The van der Waals surface area contributed by atoms with Gasteiger partial charge in [-0.2, -0.15) is 0 Å². The Labute approximate surface area is 125 Å². The first-order valence-corrected chi connectivity index (χ1v) is 7.25. The monoisotopic (exact) mass is 294 g/mol. The van der Waals surface area contributed by atoms with Crippen LogP contribution < -0.4 is 5.32 Å². The van der Waals surface area contributed by atoms with E-state index in [1.165, 1.54) is 24.0 Å². The molecular formula is C16H23FN2O2. The summed E-state index contributed by atoms with van der Waals surface area (Å²) in [6.45, 7) is 6.08. The van der Waals surface area contributed by atoms with Gasteiger partial charge in [-0.1, -0.05) is 25.5 Å². The van der Waals surface area contributed by atoms with Gasteiger partial charge in [-0.15, -0.1) is 0 Å². The molecule has 116 valence electrons. The fourth-order valence-electron chi connectivity index (χ4n) is 1.99. The van der Waals surface area contributed by atoms with Crippen molar-refractivity contribution in [3.63, 3.8) is 0 Å². The molecule has 0 aliphatic carbocycles. The molecule has 5 heteroatoms. The van der Waals surface area contributed by atoms with Crippen LogP contribution in [0, 0.1) is 5.82 Å². The lowest BCUT2D eigenvalue weighted by Gasteiger charge is -2.27. The standard InChI is InChI=1S/C16H23FN2O2/c1-4-5-10-18-16(21)12(2)19(13(3)20)11-14-6-8-15(17)9-7-14/h6-9,12H,4-5,10-11H2,1-3H3,(H,18,21). The van der Waals surface area contributed by atoms with Gasteiger partial charge in [-0.05, 0) is 31.0 Å². The maximum absolute atomic E-state index is 12.9. The third-order valence-corrected chi connectivity index (χ3v) is 3.35. The van der Waals surface area contributed by atoms with E-state index in [0.717, 1.165) is 18.4 Å². The van der Waals surface area contributed by atoms with Crippen LogP contribution in [-0.4, -0.2) is 29.3 Å². The zero-order chi connectivity index (χ0) is 15.8. The Morgan fingerprint density at radius 2 is 1.90 bits per heavy atom. The average Bonchev–Trinajstić information content (AvgIpc) is 2.45. The number of carbonyl (C=O) groups excluding carboxylic acids is 2. The Hall–Kier alpha value is -1.91. The topological polar surface area (TPSA) is 49.4 Å². The normalized spacial score (nSPS) is 11.8. The molecular weight excluding hydrogens is 271 g/mol. The minimum absolute atomic E-state index is 0.166. The van der Waals surface area contributed by atoms with Crippen molar-refractivity contribution < 1.29 is 14.0 Å². The predicted octanol–water partition coefficient (Wildman–Crippen LogP) is 2.48. The van der Waals surface area contributed by atoms with Gasteiger partial charge in [0.2, 0.25) is 11.8 Å². The van der Waals surface area contributed by atoms with Crippen molar-refractivity contribution in [2.24, 2.45) is 0 Å². The molecule has 1 aromatic rings. The zero-order valence-electron chi connectivity index (χ0n) is 12.9. The summed E-state index contributed by atoms with van der Waals surface area (Å²) in [4.78, 5) is 25.3. The van der Waals surface area contributed by atoms with Crippen LogP contribution in [0.25, 0.3) is 0 Å². The van der Waals surface area contributed by atoms with E-state index in [1.807, 2.05) is 6.92 Å². The third-order valence-electron chi connectivity index (χ3n) is 3.35. The molecule has 21 heavy (non-hydrogen) atoms. The molecule has 0 aliphatic rings. The molecule has 0 saturated carbocycles. The first-order chi connectivity index (χ1) is 9.95. The van der Waals surface area contributed by atoms with E-state index in [2.05, 4.69) is 5.32 Å². The molecule has 4 nitrogen and oxygen atoms in total. The van der Waals surface area contributed by atoms with E-state index in [9.17, 15) is 14.0 Å². The van der Waals surface area contributed by atoms with E-state index in [1.54, 1.807) is 19.1 Å². The third kappa shape index (κ3) is 5.53. The molecule has 0 aromatic heterocycles. The predicted molar refractivity (Wildman–Crippen MR) is 80.0 cm³/mol. The Bertz CT molecular complexity index is 474. The van der Waals surface area contributed by atoms with Crippen LogP contribution in [0.5, 0.6) is 0 Å². The highest BCUT2D eigenvalue weighted by molar-refractivity contribution is 5.86. The number of benzene rings is 1. The van der Waals surface area contributed by atoms with Gasteiger partial charge in [-0.25, -0.2) is 4.39 Å². The highest BCUT2D eigenvalue weighted by Gasteiger charge is 2.23. The Kier molecular flexibility index (Phi) is 6.85. The van der Waals surface area contributed by atoms with Crippen molar-refractivity contribution in [3.8, 4) is 0 Å². The maximum Gasteiger partial charge on any atom is 0.242 e. The largest absolute Gasteiger partial charge is 0.354 e. The van der Waals surface area contributed by atoms with Gasteiger partial charge in [0.05, 0.1) is 0 Å². The molecule has 1 rings (SSSR count). The molecule has 0 saturated heterocycles. The smallest absolute Gasteiger partial charge is 0.242 e. The van der Waals surface area contributed by atoms with Crippen molar-refractivity contribution >= 4 is 11.8 Å². The summed E-state index contributed by atoms with van der Waals surface area (Å²) in [5.74, 6) is -0.670. The van der Waals surface area contributed by atoms with Crippen LogP contribution in [0.3, 0.4) is 0 Å². The second-order valence-electron chi connectivity index (χ2n) is 5.09. The van der Waals surface area contributed by atoms with E-state index < -0.39 is 6.04 Å². The minimum atomic E-state index is -0.551. The molecule has 1 atom stereocenters. The first-order valence-electron chi connectivity index (χ1n) is 7.25. The molecule has 0 spiro atoms. The fourth-order valence-corrected chi connectivity index (χ4v) is 1.99. The number of rotatable bonds is 7. The molecule has 0 heterocycles. The molecule has 0 bridgehead atoms. The Balaban J connectivity index is 2.69. The second kappa shape index (κ2) is 8.39. The number of nitrogens with one attached hydrogen (secondary N) is 1. The number of amides is 2. The molecule has 2 amide bonds. The van der Waals surface area contributed by atoms with Crippen LogP contribution in [0.15, 0.2) is 24.3 Å². The first kappa shape index (κ1) is 17.1. The highest BCUT2D eigenvalue weighted by Crippen LogP contribution is 2.10. The number of hydrogen-bond acceptors (Lipinski definition) is 2. The lowest BCUT2D eigenvalue weighted by atomic mass is 10.1. The Morgan fingerprint density at radius 3 is 2.43 bits per heavy atom. The summed E-state index contributed by atoms with van der Waals surface area (Å²) < 4.78 is 12.9. The van der Waals surface area contributed by atoms with Gasteiger partial charge in [0, 0.05) is 20.0 Å². The zero-order valence-corrected chi connectivity index (χ0v) is 12.9. The average molecular weight is 294 g/mol. The molecule has 0 aliphatic heterocycles. The van der Waals surface area contributed by atoms with Crippen molar-refractivity contribution in [1.29, 1.82) is 0 Å². The number of hydrogen-bond donors (Lipinski definition) is 1. The quantitative estimate of drug-likeness (QED) is 0.785. The van der Waals surface area contributed by atoms with Crippen molar-refractivity contribution in [1.82, 2.24) is 10.2 Å². The molecule has 1 aromatic carbocycles. The van der Waals surface area contributed by atoms with E-state index >= 15 is 0 Å². The fraction of sp³-hybridized carbons (Fsp3) is 0.500. The molecule has 0 fully saturated rings. The van der Waals surface area contributed by atoms with Gasteiger partial charge in [0.15, 0.2) is 0 Å². The van der Waals surface area contributed by atoms with Crippen molar-refractivity contribution in [2.45, 2.75) is 46.2 Å². The minimum Gasteiger partial charge on any atom is -0.354 e. The summed E-state index contributed by atoms with van der Waals surface area (Å²) in [7, 11) is 0. The number of carbonyl (C=O) groups is 2. The van der Waals surface area contributed by atoms with Gasteiger partial charge < -0.3 is 10.2 Å². The maximum atomic E-state index is 12.9. The van der Waals surface area contributed by atoms with Gasteiger partial charge >= 0.3 is 0 Å².